The molecule has 4 aromatic rings. The van der Waals surface area contributed by atoms with Crippen molar-refractivity contribution in [2.75, 3.05) is 16.6 Å². The van der Waals surface area contributed by atoms with Gasteiger partial charge in [-0.1, -0.05) is 34.1 Å². The van der Waals surface area contributed by atoms with Crippen molar-refractivity contribution in [2.45, 2.75) is 4.21 Å². The first-order valence-corrected chi connectivity index (χ1v) is 13.8. The number of amides is 1. The van der Waals surface area contributed by atoms with Gasteiger partial charge in [0.25, 0.3) is 15.9 Å². The molecule has 0 fully saturated rings. The van der Waals surface area contributed by atoms with Gasteiger partial charge in [-0.15, -0.1) is 22.7 Å². The van der Waals surface area contributed by atoms with Crippen LogP contribution in [0.4, 0.5) is 10.8 Å². The third kappa shape index (κ3) is 6.25. The largest absolute Gasteiger partial charge is 0.507 e. The normalized spacial score (nSPS) is 11.1. The predicted molar refractivity (Wildman–Crippen MR) is 137 cm³/mol. The quantitative estimate of drug-likeness (QED) is 0.246. The van der Waals surface area contributed by atoms with Crippen LogP contribution in [0.15, 0.2) is 74.0 Å². The molecule has 180 valence electrons. The zero-order chi connectivity index (χ0) is 25.0. The lowest BCUT2D eigenvalue weighted by atomic mass is 10.2. The van der Waals surface area contributed by atoms with Gasteiger partial charge in [0.05, 0.1) is 11.4 Å². The fraction of sp³-hybridized carbons (Fsp3) is 0.0455. The van der Waals surface area contributed by atoms with E-state index in [2.05, 4.69) is 31.0 Å². The van der Waals surface area contributed by atoms with Gasteiger partial charge in [-0.3, -0.25) is 14.8 Å². The molecule has 0 saturated carbocycles. The fourth-order valence-corrected chi connectivity index (χ4v) is 6.04. The van der Waals surface area contributed by atoms with E-state index >= 15 is 0 Å². The lowest BCUT2D eigenvalue weighted by Crippen LogP contribution is -2.21. The molecule has 0 saturated heterocycles. The van der Waals surface area contributed by atoms with Crippen molar-refractivity contribution in [2.24, 2.45) is 0 Å². The summed E-state index contributed by atoms with van der Waals surface area (Å²) in [7, 11) is -3.81. The fourth-order valence-electron chi connectivity index (χ4n) is 2.87. The highest BCUT2D eigenvalue weighted by molar-refractivity contribution is 9.10. The predicted octanol–water partition coefficient (Wildman–Crippen LogP) is 4.94. The first kappa shape index (κ1) is 24.9. The molecule has 2 aromatic carbocycles. The second kappa shape index (κ2) is 10.6. The minimum absolute atomic E-state index is 0.0650. The highest BCUT2D eigenvalue weighted by atomic mass is 79.9. The Hall–Kier alpha value is -3.26. The van der Waals surface area contributed by atoms with Crippen LogP contribution in [-0.2, 0) is 19.6 Å². The summed E-state index contributed by atoms with van der Waals surface area (Å²) < 4.78 is 32.9. The molecule has 0 aliphatic heterocycles. The summed E-state index contributed by atoms with van der Waals surface area (Å²) in [6.07, 6.45) is 0. The molecular weight excluding hydrogens is 578 g/mol. The number of carbonyl (C=O) groups is 2. The number of thiophene rings is 1. The summed E-state index contributed by atoms with van der Waals surface area (Å²) >= 11 is 5.66. The Balaban J connectivity index is 1.33. The summed E-state index contributed by atoms with van der Waals surface area (Å²) in [4.78, 5) is 28.8. The number of aromatic hydroxyl groups is 1. The molecule has 9 nitrogen and oxygen atoms in total. The van der Waals surface area contributed by atoms with Crippen molar-refractivity contribution in [3.63, 3.8) is 0 Å². The van der Waals surface area contributed by atoms with Gasteiger partial charge in [0, 0.05) is 21.5 Å². The first-order chi connectivity index (χ1) is 16.7. The molecule has 35 heavy (non-hydrogen) atoms. The van der Waals surface area contributed by atoms with Crippen molar-refractivity contribution < 1.29 is 27.9 Å². The maximum Gasteiger partial charge on any atom is 0.342 e. The molecule has 0 radical (unpaired) electrons. The molecule has 1 amide bonds. The van der Waals surface area contributed by atoms with E-state index in [4.69, 9.17) is 4.74 Å². The Bertz CT molecular complexity index is 1490. The zero-order valence-electron chi connectivity index (χ0n) is 17.6. The van der Waals surface area contributed by atoms with Crippen LogP contribution in [0, 0.1) is 0 Å². The third-order valence-electron chi connectivity index (χ3n) is 4.44. The molecule has 0 spiro atoms. The molecule has 0 aliphatic rings. The van der Waals surface area contributed by atoms with Gasteiger partial charge in [-0.2, -0.15) is 0 Å². The molecule has 2 aromatic heterocycles. The smallest absolute Gasteiger partial charge is 0.342 e. The number of aromatic nitrogens is 1. The number of nitrogens with zero attached hydrogens (tertiary/aromatic N) is 1. The van der Waals surface area contributed by atoms with Crippen LogP contribution >= 0.6 is 38.6 Å². The summed E-state index contributed by atoms with van der Waals surface area (Å²) in [5.41, 5.74) is 1.40. The number of sulfonamides is 1. The van der Waals surface area contributed by atoms with Crippen LogP contribution < -0.4 is 10.0 Å². The monoisotopic (exact) mass is 593 g/mol. The van der Waals surface area contributed by atoms with Gasteiger partial charge in [-0.05, 0) is 35.7 Å². The number of esters is 1. The Kier molecular flexibility index (Phi) is 7.50. The number of rotatable bonds is 8. The standard InChI is InChI=1S/C22H16BrN3O6S3/c23-14-4-1-3-13(9-14)17-12-34-22(24-17)25-19(28)11-32-21(29)16-7-6-15(10-18(16)27)26-35(30,31)20-5-2-8-33-20/h1-10,12,26-27H,11H2,(H,24,25,28). The van der Waals surface area contributed by atoms with Crippen molar-refractivity contribution in [1.29, 1.82) is 0 Å². The van der Waals surface area contributed by atoms with E-state index in [-0.39, 0.29) is 15.5 Å². The van der Waals surface area contributed by atoms with Gasteiger partial charge in [0.1, 0.15) is 15.5 Å². The molecule has 13 heteroatoms. The zero-order valence-corrected chi connectivity index (χ0v) is 21.6. The Labute approximate surface area is 216 Å². The Morgan fingerprint density at radius 1 is 1.09 bits per heavy atom. The van der Waals surface area contributed by atoms with Gasteiger partial charge < -0.3 is 9.84 Å². The molecule has 2 heterocycles. The van der Waals surface area contributed by atoms with Crippen LogP contribution in [0.25, 0.3) is 11.3 Å². The number of halogens is 1. The number of nitrogens with one attached hydrogen (secondary N) is 2. The maximum atomic E-state index is 12.3. The van der Waals surface area contributed by atoms with E-state index in [0.717, 1.165) is 27.4 Å². The van der Waals surface area contributed by atoms with Crippen molar-refractivity contribution >= 4 is 71.3 Å². The van der Waals surface area contributed by atoms with Gasteiger partial charge in [0.15, 0.2) is 11.7 Å². The summed E-state index contributed by atoms with van der Waals surface area (Å²) in [6, 6.07) is 14.2. The maximum absolute atomic E-state index is 12.3. The van der Waals surface area contributed by atoms with Crippen LogP contribution in [0.3, 0.4) is 0 Å². The molecule has 3 N–H and O–H groups in total. The van der Waals surface area contributed by atoms with Crippen LogP contribution in [0.2, 0.25) is 0 Å². The number of phenols is 1. The average molecular weight is 594 g/mol. The SMILES string of the molecule is O=C(COC(=O)c1ccc(NS(=O)(=O)c2cccs2)cc1O)Nc1nc(-c2cccc(Br)c2)cs1. The number of thiazole rings is 1. The number of phenolic OH excluding ortho intramolecular Hbond substituents is 1. The molecule has 0 aliphatic carbocycles. The van der Waals surface area contributed by atoms with E-state index in [9.17, 15) is 23.1 Å². The minimum Gasteiger partial charge on any atom is -0.507 e. The van der Waals surface area contributed by atoms with Crippen molar-refractivity contribution in [3.8, 4) is 17.0 Å². The van der Waals surface area contributed by atoms with E-state index in [1.54, 1.807) is 16.8 Å². The first-order valence-electron chi connectivity index (χ1n) is 9.79. The van der Waals surface area contributed by atoms with Gasteiger partial charge in [0.2, 0.25) is 0 Å². The second-order valence-corrected chi connectivity index (χ2v) is 11.6. The topological polar surface area (TPSA) is 135 Å². The molecule has 4 rings (SSSR count). The second-order valence-electron chi connectivity index (χ2n) is 6.94. The van der Waals surface area contributed by atoms with E-state index in [0.29, 0.717) is 10.8 Å². The van der Waals surface area contributed by atoms with E-state index in [1.807, 2.05) is 24.3 Å². The average Bonchev–Trinajstić information content (AvgIpc) is 3.50. The van der Waals surface area contributed by atoms with Crippen molar-refractivity contribution in [3.05, 3.63) is 75.4 Å². The number of ether oxygens (including phenoxy) is 1. The summed E-state index contributed by atoms with van der Waals surface area (Å²) in [6.45, 7) is -0.600. The molecule has 0 atom stereocenters. The number of hydrogen-bond donors (Lipinski definition) is 3. The van der Waals surface area contributed by atoms with Crippen LogP contribution in [0.5, 0.6) is 5.75 Å². The summed E-state index contributed by atoms with van der Waals surface area (Å²) in [5, 5.41) is 16.5. The van der Waals surface area contributed by atoms with Crippen LogP contribution in [0.1, 0.15) is 10.4 Å². The van der Waals surface area contributed by atoms with Crippen molar-refractivity contribution in [1.82, 2.24) is 4.98 Å². The Morgan fingerprint density at radius 2 is 1.91 bits per heavy atom. The van der Waals surface area contributed by atoms with E-state index in [1.165, 1.54) is 29.5 Å². The highest BCUT2D eigenvalue weighted by Crippen LogP contribution is 2.28. The number of anilines is 2. The van der Waals surface area contributed by atoms with E-state index < -0.39 is 34.3 Å². The van der Waals surface area contributed by atoms with Gasteiger partial charge in [-0.25, -0.2) is 18.2 Å². The number of hydrogen-bond acceptors (Lipinski definition) is 9. The Morgan fingerprint density at radius 3 is 2.63 bits per heavy atom. The minimum atomic E-state index is -3.81. The third-order valence-corrected chi connectivity index (χ3v) is 8.46. The highest BCUT2D eigenvalue weighted by Gasteiger charge is 2.19. The number of benzene rings is 2. The van der Waals surface area contributed by atoms with Gasteiger partial charge >= 0.3 is 5.97 Å². The lowest BCUT2D eigenvalue weighted by molar-refractivity contribution is -0.119. The molecular formula is C22H16BrN3O6S3. The summed E-state index contributed by atoms with van der Waals surface area (Å²) in [5.74, 6) is -2.05. The molecule has 0 bridgehead atoms. The molecule has 0 unspecified atom stereocenters. The lowest BCUT2D eigenvalue weighted by Gasteiger charge is -2.09. The van der Waals surface area contributed by atoms with Crippen LogP contribution in [-0.4, -0.2) is 37.0 Å². The number of carbonyl (C=O) groups excluding carboxylic acids is 2.